The van der Waals surface area contributed by atoms with Gasteiger partial charge in [0.2, 0.25) is 0 Å². The van der Waals surface area contributed by atoms with Crippen molar-refractivity contribution in [1.82, 2.24) is 15.1 Å². The summed E-state index contributed by atoms with van der Waals surface area (Å²) in [6.07, 6.45) is 3.43. The van der Waals surface area contributed by atoms with E-state index in [2.05, 4.69) is 5.32 Å². The zero-order chi connectivity index (χ0) is 18.9. The molecule has 2 saturated heterocycles. The number of carbonyl (C=O) groups excluding carboxylic acids is 2. The lowest BCUT2D eigenvalue weighted by molar-refractivity contribution is -0.156. The number of esters is 1. The molecule has 2 aliphatic heterocycles. The van der Waals surface area contributed by atoms with Gasteiger partial charge in [0.15, 0.2) is 0 Å². The van der Waals surface area contributed by atoms with Crippen LogP contribution in [0.3, 0.4) is 0 Å². The van der Waals surface area contributed by atoms with E-state index >= 15 is 0 Å². The van der Waals surface area contributed by atoms with Crippen LogP contribution in [0.5, 0.6) is 0 Å². The van der Waals surface area contributed by atoms with Crippen LogP contribution in [-0.4, -0.2) is 70.8 Å². The van der Waals surface area contributed by atoms with Crippen molar-refractivity contribution in [1.29, 1.82) is 0 Å². The van der Waals surface area contributed by atoms with E-state index in [9.17, 15) is 14.4 Å². The smallest absolute Gasteiger partial charge is 0.407 e. The summed E-state index contributed by atoms with van der Waals surface area (Å²) in [7, 11) is 0. The first-order valence-electron chi connectivity index (χ1n) is 9.52. The molecule has 0 radical (unpaired) electrons. The number of carbonyl (C=O) groups is 3. The summed E-state index contributed by atoms with van der Waals surface area (Å²) >= 11 is 0. The van der Waals surface area contributed by atoms with E-state index < -0.39 is 11.5 Å². The van der Waals surface area contributed by atoms with E-state index in [4.69, 9.17) is 9.84 Å². The molecule has 0 atom stereocenters. The van der Waals surface area contributed by atoms with E-state index in [0.717, 1.165) is 25.7 Å². The lowest BCUT2D eigenvalue weighted by Gasteiger charge is -2.40. The van der Waals surface area contributed by atoms with Gasteiger partial charge in [0.1, 0.15) is 0 Å². The highest BCUT2D eigenvalue weighted by atomic mass is 16.5. The Morgan fingerprint density at radius 2 is 1.85 bits per heavy atom. The normalized spacial score (nSPS) is 31.0. The lowest BCUT2D eigenvalue weighted by Crippen LogP contribution is -2.53. The maximum atomic E-state index is 12.6. The van der Waals surface area contributed by atoms with Gasteiger partial charge in [-0.2, -0.15) is 0 Å². The van der Waals surface area contributed by atoms with E-state index in [1.807, 2.05) is 18.7 Å². The summed E-state index contributed by atoms with van der Waals surface area (Å²) in [4.78, 5) is 39.1. The first-order valence-corrected chi connectivity index (χ1v) is 9.52. The minimum atomic E-state index is -0.897. The molecule has 2 N–H and O–H groups in total. The van der Waals surface area contributed by atoms with Crippen molar-refractivity contribution in [3.63, 3.8) is 0 Å². The third-order valence-electron chi connectivity index (χ3n) is 6.36. The van der Waals surface area contributed by atoms with Gasteiger partial charge in [0.05, 0.1) is 17.6 Å². The van der Waals surface area contributed by atoms with Crippen molar-refractivity contribution in [3.05, 3.63) is 0 Å². The average Bonchev–Trinajstić information content (AvgIpc) is 2.92. The highest BCUT2D eigenvalue weighted by Gasteiger charge is 2.49. The highest BCUT2D eigenvalue weighted by Crippen LogP contribution is 2.40. The molecule has 3 fully saturated rings. The predicted molar refractivity (Wildman–Crippen MR) is 93.8 cm³/mol. The van der Waals surface area contributed by atoms with Gasteiger partial charge in [0.25, 0.3) is 0 Å². The number of hydrogen-bond donors (Lipinski definition) is 2. The average molecular weight is 367 g/mol. The molecule has 8 heteroatoms. The molecule has 26 heavy (non-hydrogen) atoms. The van der Waals surface area contributed by atoms with Gasteiger partial charge in [-0.15, -0.1) is 0 Å². The molecule has 0 unspecified atom stereocenters. The number of hydrogen-bond acceptors (Lipinski definition) is 4. The van der Waals surface area contributed by atoms with Crippen molar-refractivity contribution in [3.8, 4) is 0 Å². The predicted octanol–water partition coefficient (Wildman–Crippen LogP) is 2.04. The fourth-order valence-corrected chi connectivity index (χ4v) is 4.50. The Morgan fingerprint density at radius 3 is 2.38 bits per heavy atom. The molecule has 0 aromatic heterocycles. The number of rotatable bonds is 3. The zero-order valence-electron chi connectivity index (χ0n) is 15.6. The Labute approximate surface area is 153 Å². The summed E-state index contributed by atoms with van der Waals surface area (Å²) in [5, 5.41) is 12.2. The molecule has 0 aromatic rings. The number of nitrogens with one attached hydrogen (secondary N) is 1. The summed E-state index contributed by atoms with van der Waals surface area (Å²) in [6.45, 7) is 5.69. The molecule has 3 rings (SSSR count). The van der Waals surface area contributed by atoms with Crippen LogP contribution in [0.15, 0.2) is 0 Å². The minimum absolute atomic E-state index is 0.0569. The maximum Gasteiger partial charge on any atom is 0.407 e. The van der Waals surface area contributed by atoms with Crippen LogP contribution < -0.4 is 5.32 Å². The first-order chi connectivity index (χ1) is 12.3. The zero-order valence-corrected chi connectivity index (χ0v) is 15.6. The van der Waals surface area contributed by atoms with Crippen LogP contribution in [0.2, 0.25) is 0 Å². The number of amides is 3. The molecule has 0 aromatic carbocycles. The second kappa shape index (κ2) is 6.96. The molecule has 1 saturated carbocycles. The quantitative estimate of drug-likeness (QED) is 0.744. The van der Waals surface area contributed by atoms with Crippen molar-refractivity contribution < 1.29 is 24.2 Å². The van der Waals surface area contributed by atoms with E-state index in [1.165, 1.54) is 4.90 Å². The fourth-order valence-electron chi connectivity index (χ4n) is 4.50. The van der Waals surface area contributed by atoms with Crippen LogP contribution in [0.1, 0.15) is 52.4 Å². The molecular weight excluding hydrogens is 338 g/mol. The Balaban J connectivity index is 1.58. The van der Waals surface area contributed by atoms with Gasteiger partial charge in [-0.1, -0.05) is 0 Å². The van der Waals surface area contributed by atoms with Gasteiger partial charge in [0, 0.05) is 25.7 Å². The van der Waals surface area contributed by atoms with Crippen LogP contribution in [-0.2, 0) is 9.53 Å². The number of piperidine rings is 1. The molecule has 0 bridgehead atoms. The lowest BCUT2D eigenvalue weighted by atomic mass is 9.73. The Hall–Kier alpha value is -1.99. The molecule has 1 spiro atoms. The monoisotopic (exact) mass is 367 g/mol. The van der Waals surface area contributed by atoms with Crippen molar-refractivity contribution in [2.24, 2.45) is 5.41 Å². The summed E-state index contributed by atoms with van der Waals surface area (Å²) in [5.74, 6) is -0.137. The Bertz CT molecular complexity index is 577. The molecule has 2 heterocycles. The topological polar surface area (TPSA) is 99.2 Å². The van der Waals surface area contributed by atoms with Crippen molar-refractivity contribution >= 4 is 18.1 Å². The largest absolute Gasteiger partial charge is 0.466 e. The van der Waals surface area contributed by atoms with Gasteiger partial charge in [-0.05, 0) is 52.4 Å². The number of carboxylic acid groups (broad SMARTS) is 1. The van der Waals surface area contributed by atoms with Crippen LogP contribution in [0, 0.1) is 5.41 Å². The SMILES string of the molecule is CCOC(=O)C1(C)CCC(N2CC3(CCN(C(=O)O)CC3)NC2=O)CC1. The third kappa shape index (κ3) is 3.46. The van der Waals surface area contributed by atoms with Gasteiger partial charge in [-0.25, -0.2) is 9.59 Å². The van der Waals surface area contributed by atoms with Gasteiger partial charge in [-0.3, -0.25) is 4.79 Å². The van der Waals surface area contributed by atoms with Crippen LogP contribution in [0.25, 0.3) is 0 Å². The summed E-state index contributed by atoms with van der Waals surface area (Å²) < 4.78 is 5.20. The Kier molecular flexibility index (Phi) is 5.03. The van der Waals surface area contributed by atoms with Gasteiger partial charge < -0.3 is 25.0 Å². The fraction of sp³-hybridized carbons (Fsp3) is 0.833. The summed E-state index contributed by atoms with van der Waals surface area (Å²) in [6, 6.07) is 0.0768. The number of ether oxygens (including phenoxy) is 1. The van der Waals surface area contributed by atoms with Crippen molar-refractivity contribution in [2.45, 2.75) is 64.0 Å². The molecular formula is C18H29N3O5. The molecule has 3 amide bonds. The first kappa shape index (κ1) is 18.8. The maximum absolute atomic E-state index is 12.6. The molecule has 3 aliphatic rings. The van der Waals surface area contributed by atoms with Crippen molar-refractivity contribution in [2.75, 3.05) is 26.2 Å². The summed E-state index contributed by atoms with van der Waals surface area (Å²) in [5.41, 5.74) is -0.766. The second-order valence-corrected chi connectivity index (χ2v) is 8.12. The number of nitrogens with zero attached hydrogens (tertiary/aromatic N) is 2. The van der Waals surface area contributed by atoms with E-state index in [1.54, 1.807) is 0 Å². The van der Waals surface area contributed by atoms with E-state index in [0.29, 0.717) is 39.1 Å². The highest BCUT2D eigenvalue weighted by molar-refractivity contribution is 5.79. The van der Waals surface area contributed by atoms with Crippen LogP contribution in [0.4, 0.5) is 9.59 Å². The molecule has 146 valence electrons. The number of likely N-dealkylation sites (tertiary alicyclic amines) is 1. The minimum Gasteiger partial charge on any atom is -0.466 e. The number of urea groups is 1. The van der Waals surface area contributed by atoms with E-state index in [-0.39, 0.29) is 23.6 Å². The standard InChI is InChI=1S/C18H29N3O5/c1-3-26-14(22)17(2)6-4-13(5-7-17)21-12-18(19-15(21)23)8-10-20(11-9-18)16(24)25/h13H,3-12H2,1-2H3,(H,19,23)(H,24,25). The molecule has 1 aliphatic carbocycles. The third-order valence-corrected chi connectivity index (χ3v) is 6.36. The Morgan fingerprint density at radius 1 is 1.23 bits per heavy atom. The van der Waals surface area contributed by atoms with Gasteiger partial charge >= 0.3 is 18.1 Å². The molecule has 8 nitrogen and oxygen atoms in total. The van der Waals surface area contributed by atoms with Crippen LogP contribution >= 0.6 is 0 Å². The second-order valence-electron chi connectivity index (χ2n) is 8.12.